The number of carboxylic acid groups (broad SMARTS) is 1. The minimum Gasteiger partial charge on any atom is -0.478 e. The molecule has 1 saturated heterocycles. The van der Waals surface area contributed by atoms with Crippen molar-refractivity contribution in [3.8, 4) is 0 Å². The number of nitrogens with zero attached hydrogens (tertiary/aromatic N) is 2. The molecule has 1 heterocycles. The number of hydrogen-bond acceptors (Lipinski definition) is 4. The van der Waals surface area contributed by atoms with Gasteiger partial charge in [0, 0.05) is 38.9 Å². The molecule has 2 amide bonds. The van der Waals surface area contributed by atoms with Gasteiger partial charge >= 0.3 is 12.0 Å². The Kier molecular flexibility index (Phi) is 3.97. The third-order valence-corrected chi connectivity index (χ3v) is 3.31. The van der Waals surface area contributed by atoms with Crippen molar-refractivity contribution in [1.82, 2.24) is 10.2 Å². The quantitative estimate of drug-likeness (QED) is 0.678. The van der Waals surface area contributed by atoms with E-state index in [4.69, 9.17) is 5.73 Å². The normalized spacial score (nSPS) is 14.2. The number of carboxylic acids is 1. The lowest BCUT2D eigenvalue weighted by Gasteiger charge is -2.24. The molecule has 4 N–H and O–H groups in total. The Bertz CT molecular complexity index is 532. The van der Waals surface area contributed by atoms with Crippen molar-refractivity contribution in [3.05, 3.63) is 23.8 Å². The smallest absolute Gasteiger partial charge is 0.337 e. The molecule has 7 heteroatoms. The molecule has 0 saturated carbocycles. The molecule has 108 valence electrons. The number of amides is 2. The van der Waals surface area contributed by atoms with Gasteiger partial charge in [0.2, 0.25) is 0 Å². The third-order valence-electron chi connectivity index (χ3n) is 3.31. The lowest BCUT2D eigenvalue weighted by Crippen LogP contribution is -2.36. The first-order valence-corrected chi connectivity index (χ1v) is 6.36. The Balaban J connectivity index is 2.07. The van der Waals surface area contributed by atoms with Gasteiger partial charge in [-0.15, -0.1) is 0 Å². The van der Waals surface area contributed by atoms with Crippen LogP contribution in [-0.2, 0) is 0 Å². The van der Waals surface area contributed by atoms with Gasteiger partial charge in [0.1, 0.15) is 0 Å². The lowest BCUT2D eigenvalue weighted by molar-refractivity contribution is 0.0697. The van der Waals surface area contributed by atoms with E-state index in [1.54, 1.807) is 24.1 Å². The predicted octanol–water partition coefficient (Wildman–Crippen LogP) is 0.428. The van der Waals surface area contributed by atoms with E-state index >= 15 is 0 Å². The van der Waals surface area contributed by atoms with E-state index in [0.717, 1.165) is 0 Å². The van der Waals surface area contributed by atoms with Gasteiger partial charge < -0.3 is 26.0 Å². The average Bonchev–Trinajstić information content (AvgIpc) is 2.81. The Hall–Kier alpha value is -2.44. The minimum atomic E-state index is -1.02. The van der Waals surface area contributed by atoms with Crippen molar-refractivity contribution < 1.29 is 14.7 Å². The summed E-state index contributed by atoms with van der Waals surface area (Å²) in [5, 5.41) is 11.9. The zero-order chi connectivity index (χ0) is 14.7. The molecule has 0 aromatic heterocycles. The van der Waals surface area contributed by atoms with Gasteiger partial charge in [-0.1, -0.05) is 0 Å². The van der Waals surface area contributed by atoms with Crippen LogP contribution in [0.1, 0.15) is 10.4 Å². The summed E-state index contributed by atoms with van der Waals surface area (Å²) in [6, 6.07) is 4.72. The molecule has 0 aliphatic carbocycles. The van der Waals surface area contributed by atoms with Crippen LogP contribution in [0.2, 0.25) is 0 Å². The average molecular weight is 278 g/mol. The molecular weight excluding hydrogens is 260 g/mol. The molecule has 1 aliphatic heterocycles. The molecule has 7 nitrogen and oxygen atoms in total. The molecule has 0 atom stereocenters. The standard InChI is InChI=1S/C13H18N4O3/c1-16(6-7-17-5-4-15-13(17)20)11-3-2-9(14)8-10(11)12(18)19/h2-3,8H,4-7,14H2,1H3,(H,15,20)(H,18,19). The van der Waals surface area contributed by atoms with Gasteiger partial charge in [-0.3, -0.25) is 0 Å². The van der Waals surface area contributed by atoms with E-state index in [-0.39, 0.29) is 11.6 Å². The summed E-state index contributed by atoms with van der Waals surface area (Å²) >= 11 is 0. The fraction of sp³-hybridized carbons (Fsp3) is 0.385. The number of hydrogen-bond donors (Lipinski definition) is 3. The molecule has 0 bridgehead atoms. The predicted molar refractivity (Wildman–Crippen MR) is 76.1 cm³/mol. The summed E-state index contributed by atoms with van der Waals surface area (Å²) in [4.78, 5) is 26.2. The molecule has 2 rings (SSSR count). The second kappa shape index (κ2) is 5.68. The number of nitrogen functional groups attached to an aromatic ring is 1. The van der Waals surface area contributed by atoms with E-state index in [9.17, 15) is 14.7 Å². The summed E-state index contributed by atoms with van der Waals surface area (Å²) in [5.41, 5.74) is 6.78. The maximum absolute atomic E-state index is 11.4. The van der Waals surface area contributed by atoms with E-state index in [0.29, 0.717) is 37.6 Å². The number of carbonyl (C=O) groups excluding carboxylic acids is 1. The van der Waals surface area contributed by atoms with Gasteiger partial charge in [-0.2, -0.15) is 0 Å². The maximum Gasteiger partial charge on any atom is 0.337 e. The summed E-state index contributed by atoms with van der Waals surface area (Å²) < 4.78 is 0. The van der Waals surface area contributed by atoms with Gasteiger partial charge in [0.15, 0.2) is 0 Å². The van der Waals surface area contributed by atoms with Crippen LogP contribution in [0, 0.1) is 0 Å². The summed E-state index contributed by atoms with van der Waals surface area (Å²) in [6.07, 6.45) is 0. The molecule has 1 aromatic carbocycles. The number of likely N-dealkylation sites (N-methyl/N-ethyl adjacent to an activating group) is 1. The fourth-order valence-electron chi connectivity index (χ4n) is 2.17. The maximum atomic E-state index is 11.4. The van der Waals surface area contributed by atoms with Crippen LogP contribution in [0.4, 0.5) is 16.2 Å². The molecule has 0 unspecified atom stereocenters. The SMILES string of the molecule is CN(CCN1CCNC1=O)c1ccc(N)cc1C(=O)O. The van der Waals surface area contributed by atoms with E-state index in [1.807, 2.05) is 4.90 Å². The fourth-order valence-corrected chi connectivity index (χ4v) is 2.17. The Morgan fingerprint density at radius 2 is 2.30 bits per heavy atom. The number of benzene rings is 1. The highest BCUT2D eigenvalue weighted by Crippen LogP contribution is 2.22. The highest BCUT2D eigenvalue weighted by atomic mass is 16.4. The van der Waals surface area contributed by atoms with Crippen molar-refractivity contribution in [2.24, 2.45) is 0 Å². The highest BCUT2D eigenvalue weighted by molar-refractivity contribution is 5.95. The van der Waals surface area contributed by atoms with Crippen LogP contribution in [0.5, 0.6) is 0 Å². The van der Waals surface area contributed by atoms with Crippen molar-refractivity contribution in [3.63, 3.8) is 0 Å². The molecular formula is C13H18N4O3. The van der Waals surface area contributed by atoms with E-state index in [2.05, 4.69) is 5.32 Å². The first-order chi connectivity index (χ1) is 9.49. The molecule has 1 aromatic rings. The van der Waals surface area contributed by atoms with Gasteiger partial charge in [-0.25, -0.2) is 9.59 Å². The van der Waals surface area contributed by atoms with Crippen molar-refractivity contribution in [2.45, 2.75) is 0 Å². The molecule has 20 heavy (non-hydrogen) atoms. The van der Waals surface area contributed by atoms with Crippen molar-refractivity contribution >= 4 is 23.4 Å². The summed E-state index contributed by atoms with van der Waals surface area (Å²) in [6.45, 7) is 2.44. The number of aromatic carboxylic acids is 1. The number of anilines is 2. The van der Waals surface area contributed by atoms with Gasteiger partial charge in [0.05, 0.1) is 11.3 Å². The summed E-state index contributed by atoms with van der Waals surface area (Å²) in [7, 11) is 1.80. The monoisotopic (exact) mass is 278 g/mol. The number of rotatable bonds is 5. The first kappa shape index (κ1) is 14.0. The molecule has 0 spiro atoms. The van der Waals surface area contributed by atoms with E-state index in [1.165, 1.54) is 6.07 Å². The van der Waals surface area contributed by atoms with Crippen molar-refractivity contribution in [2.75, 3.05) is 43.9 Å². The molecule has 1 aliphatic rings. The van der Waals surface area contributed by atoms with Crippen molar-refractivity contribution in [1.29, 1.82) is 0 Å². The second-order valence-electron chi connectivity index (χ2n) is 4.72. The topological polar surface area (TPSA) is 98.9 Å². The highest BCUT2D eigenvalue weighted by Gasteiger charge is 2.20. The first-order valence-electron chi connectivity index (χ1n) is 6.36. The second-order valence-corrected chi connectivity index (χ2v) is 4.72. The zero-order valence-electron chi connectivity index (χ0n) is 11.3. The number of urea groups is 1. The summed E-state index contributed by atoms with van der Waals surface area (Å²) in [5.74, 6) is -1.02. The minimum absolute atomic E-state index is 0.0748. The Labute approximate surface area is 117 Å². The van der Waals surface area contributed by atoms with Crippen LogP contribution in [-0.4, -0.2) is 55.2 Å². The van der Waals surface area contributed by atoms with Crippen LogP contribution in [0.15, 0.2) is 18.2 Å². The van der Waals surface area contributed by atoms with E-state index < -0.39 is 5.97 Å². The Morgan fingerprint density at radius 3 is 2.90 bits per heavy atom. The van der Waals surface area contributed by atoms with Gasteiger partial charge in [-0.05, 0) is 18.2 Å². The van der Waals surface area contributed by atoms with Crippen LogP contribution < -0.4 is 16.0 Å². The Morgan fingerprint density at radius 1 is 1.55 bits per heavy atom. The van der Waals surface area contributed by atoms with Crippen LogP contribution >= 0.6 is 0 Å². The number of nitrogens with two attached hydrogens (primary N) is 1. The van der Waals surface area contributed by atoms with Crippen LogP contribution in [0.25, 0.3) is 0 Å². The molecule has 1 fully saturated rings. The third kappa shape index (κ3) is 2.93. The number of nitrogens with one attached hydrogen (secondary N) is 1. The van der Waals surface area contributed by atoms with Gasteiger partial charge in [0.25, 0.3) is 0 Å². The molecule has 0 radical (unpaired) electrons. The van der Waals surface area contributed by atoms with Crippen LogP contribution in [0.3, 0.4) is 0 Å². The lowest BCUT2D eigenvalue weighted by atomic mass is 10.1. The number of carbonyl (C=O) groups is 2. The zero-order valence-corrected chi connectivity index (χ0v) is 11.3. The largest absolute Gasteiger partial charge is 0.478 e.